The number of carbonyl (C=O) groups is 1. The predicted molar refractivity (Wildman–Crippen MR) is 109 cm³/mol. The summed E-state index contributed by atoms with van der Waals surface area (Å²) in [5.41, 5.74) is 2.41. The predicted octanol–water partition coefficient (Wildman–Crippen LogP) is 3.39. The lowest BCUT2D eigenvalue weighted by molar-refractivity contribution is -0.125. The van der Waals surface area contributed by atoms with Crippen LogP contribution in [-0.4, -0.2) is 38.8 Å². The molecule has 0 unspecified atom stereocenters. The van der Waals surface area contributed by atoms with Crippen LogP contribution in [0.4, 0.5) is 15.9 Å². The SMILES string of the molecule is C#Cc1cnc(F)c(Nc2ncnc3ccc([C@@H]4CCN(C(=O)C=C)C4)cc23)c1. The average Bonchev–Trinajstić information content (AvgIpc) is 3.25. The van der Waals surface area contributed by atoms with Crippen LogP contribution >= 0.6 is 0 Å². The number of nitrogens with one attached hydrogen (secondary N) is 1. The Labute approximate surface area is 167 Å². The Kier molecular flexibility index (Phi) is 4.92. The van der Waals surface area contributed by atoms with Crippen molar-refractivity contribution in [1.29, 1.82) is 0 Å². The lowest BCUT2D eigenvalue weighted by Gasteiger charge is -2.15. The number of benzene rings is 1. The lowest BCUT2D eigenvalue weighted by Crippen LogP contribution is -2.26. The average molecular weight is 387 g/mol. The van der Waals surface area contributed by atoms with Gasteiger partial charge in [-0.3, -0.25) is 4.79 Å². The maximum absolute atomic E-state index is 14.1. The maximum atomic E-state index is 14.1. The number of amides is 1. The highest BCUT2D eigenvalue weighted by Gasteiger charge is 2.26. The van der Waals surface area contributed by atoms with E-state index in [1.807, 2.05) is 18.2 Å². The van der Waals surface area contributed by atoms with Crippen LogP contribution in [0.3, 0.4) is 0 Å². The molecule has 7 heteroatoms. The molecule has 29 heavy (non-hydrogen) atoms. The highest BCUT2D eigenvalue weighted by atomic mass is 19.1. The van der Waals surface area contributed by atoms with E-state index in [0.717, 1.165) is 22.9 Å². The van der Waals surface area contributed by atoms with Crippen molar-refractivity contribution in [3.8, 4) is 12.3 Å². The molecule has 144 valence electrons. The maximum Gasteiger partial charge on any atom is 0.245 e. The van der Waals surface area contributed by atoms with E-state index in [0.29, 0.717) is 24.5 Å². The molecule has 0 bridgehead atoms. The summed E-state index contributed by atoms with van der Waals surface area (Å²) in [6.07, 6.45) is 10.3. The third-order valence-corrected chi connectivity index (χ3v) is 5.06. The molecule has 0 aliphatic carbocycles. The van der Waals surface area contributed by atoms with Gasteiger partial charge in [0.05, 0.1) is 11.2 Å². The molecule has 2 aromatic heterocycles. The number of pyridine rings is 1. The number of anilines is 2. The quantitative estimate of drug-likeness (QED) is 0.422. The van der Waals surface area contributed by atoms with Crippen molar-refractivity contribution in [3.63, 3.8) is 0 Å². The van der Waals surface area contributed by atoms with Crippen LogP contribution in [0.25, 0.3) is 10.9 Å². The van der Waals surface area contributed by atoms with E-state index in [9.17, 15) is 9.18 Å². The van der Waals surface area contributed by atoms with Crippen LogP contribution in [0.2, 0.25) is 0 Å². The van der Waals surface area contributed by atoms with Crippen LogP contribution < -0.4 is 5.32 Å². The molecule has 1 aromatic carbocycles. The van der Waals surface area contributed by atoms with E-state index >= 15 is 0 Å². The standard InChI is InChI=1S/C22H18FN5O/c1-3-14-9-19(21(23)24-11-14)27-22-17-10-15(5-6-18(17)25-13-26-22)16-7-8-28(12-16)20(29)4-2/h1,4-6,9-11,13,16H,2,7-8,12H2,(H,25,26,27)/t16-/m1/s1. The molecule has 1 fully saturated rings. The second-order valence-electron chi connectivity index (χ2n) is 6.80. The summed E-state index contributed by atoms with van der Waals surface area (Å²) < 4.78 is 14.1. The first-order valence-electron chi connectivity index (χ1n) is 9.14. The summed E-state index contributed by atoms with van der Waals surface area (Å²) in [7, 11) is 0. The first-order valence-corrected chi connectivity index (χ1v) is 9.14. The summed E-state index contributed by atoms with van der Waals surface area (Å²) in [6, 6.07) is 7.41. The molecule has 0 radical (unpaired) electrons. The number of terminal acetylenes is 1. The summed E-state index contributed by atoms with van der Waals surface area (Å²) in [6.45, 7) is 4.88. The van der Waals surface area contributed by atoms with Gasteiger partial charge in [0.25, 0.3) is 0 Å². The molecule has 0 spiro atoms. The van der Waals surface area contributed by atoms with E-state index in [2.05, 4.69) is 32.8 Å². The monoisotopic (exact) mass is 387 g/mol. The molecule has 3 aromatic rings. The van der Waals surface area contributed by atoms with Crippen molar-refractivity contribution in [3.05, 3.63) is 66.5 Å². The minimum Gasteiger partial charge on any atom is -0.339 e. The van der Waals surface area contributed by atoms with Crippen molar-refractivity contribution in [2.45, 2.75) is 12.3 Å². The number of rotatable bonds is 4. The van der Waals surface area contributed by atoms with Crippen molar-refractivity contribution in [1.82, 2.24) is 19.9 Å². The highest BCUT2D eigenvalue weighted by molar-refractivity contribution is 5.91. The Morgan fingerprint density at radius 2 is 2.21 bits per heavy atom. The number of hydrogen-bond acceptors (Lipinski definition) is 5. The van der Waals surface area contributed by atoms with Gasteiger partial charge in [-0.2, -0.15) is 4.39 Å². The Balaban J connectivity index is 1.68. The fraction of sp³-hybridized carbons (Fsp3) is 0.182. The van der Waals surface area contributed by atoms with E-state index < -0.39 is 5.95 Å². The fourth-order valence-electron chi connectivity index (χ4n) is 3.53. The van der Waals surface area contributed by atoms with Gasteiger partial charge in [-0.15, -0.1) is 6.42 Å². The molecule has 1 aliphatic heterocycles. The third-order valence-electron chi connectivity index (χ3n) is 5.06. The van der Waals surface area contributed by atoms with E-state index in [-0.39, 0.29) is 17.5 Å². The molecule has 1 amide bonds. The summed E-state index contributed by atoms with van der Waals surface area (Å²) in [5.74, 6) is 2.38. The lowest BCUT2D eigenvalue weighted by atomic mass is 9.97. The van der Waals surface area contributed by atoms with Gasteiger partial charge < -0.3 is 10.2 Å². The van der Waals surface area contributed by atoms with Crippen LogP contribution in [0.5, 0.6) is 0 Å². The molecular formula is C22H18FN5O. The number of halogens is 1. The largest absolute Gasteiger partial charge is 0.339 e. The summed E-state index contributed by atoms with van der Waals surface area (Å²) in [5, 5.41) is 3.74. The molecule has 3 heterocycles. The molecular weight excluding hydrogens is 369 g/mol. The molecule has 1 N–H and O–H groups in total. The Morgan fingerprint density at radius 3 is 3.00 bits per heavy atom. The van der Waals surface area contributed by atoms with Gasteiger partial charge in [0.2, 0.25) is 11.9 Å². The van der Waals surface area contributed by atoms with Crippen LogP contribution in [0.1, 0.15) is 23.5 Å². The Bertz CT molecular complexity index is 1150. The van der Waals surface area contributed by atoms with Crippen LogP contribution in [-0.2, 0) is 4.79 Å². The topological polar surface area (TPSA) is 71.0 Å². The van der Waals surface area contributed by atoms with Crippen molar-refractivity contribution >= 4 is 28.3 Å². The molecule has 1 aliphatic rings. The van der Waals surface area contributed by atoms with Gasteiger partial charge in [-0.25, -0.2) is 15.0 Å². The van der Waals surface area contributed by atoms with Gasteiger partial charge in [0, 0.05) is 36.2 Å². The van der Waals surface area contributed by atoms with Crippen molar-refractivity contribution < 1.29 is 9.18 Å². The van der Waals surface area contributed by atoms with Gasteiger partial charge >= 0.3 is 0 Å². The summed E-state index contributed by atoms with van der Waals surface area (Å²) in [4.78, 5) is 25.9. The molecule has 6 nitrogen and oxygen atoms in total. The minimum absolute atomic E-state index is 0.0599. The Hall–Kier alpha value is -3.79. The van der Waals surface area contributed by atoms with Gasteiger partial charge in [0.15, 0.2) is 0 Å². The third kappa shape index (κ3) is 3.65. The molecule has 0 saturated carbocycles. The van der Waals surface area contributed by atoms with E-state index in [4.69, 9.17) is 6.42 Å². The number of fused-ring (bicyclic) bond motifs is 1. The number of carbonyl (C=O) groups excluding carboxylic acids is 1. The van der Waals surface area contributed by atoms with E-state index in [1.165, 1.54) is 24.7 Å². The Morgan fingerprint density at radius 1 is 1.34 bits per heavy atom. The minimum atomic E-state index is -0.665. The number of likely N-dealkylation sites (tertiary alicyclic amines) is 1. The highest BCUT2D eigenvalue weighted by Crippen LogP contribution is 2.32. The zero-order valence-corrected chi connectivity index (χ0v) is 15.6. The molecule has 4 rings (SSSR count). The zero-order valence-electron chi connectivity index (χ0n) is 15.6. The first-order chi connectivity index (χ1) is 14.1. The number of nitrogens with zero attached hydrogens (tertiary/aromatic N) is 4. The second kappa shape index (κ2) is 7.68. The van der Waals surface area contributed by atoms with Gasteiger partial charge in [-0.1, -0.05) is 18.6 Å². The van der Waals surface area contributed by atoms with Crippen LogP contribution in [0.15, 0.2) is 49.4 Å². The van der Waals surface area contributed by atoms with Crippen molar-refractivity contribution in [2.24, 2.45) is 0 Å². The van der Waals surface area contributed by atoms with Gasteiger partial charge in [0.1, 0.15) is 12.1 Å². The number of aromatic nitrogens is 3. The van der Waals surface area contributed by atoms with Crippen molar-refractivity contribution in [2.75, 3.05) is 18.4 Å². The first kappa shape index (κ1) is 18.6. The second-order valence-corrected chi connectivity index (χ2v) is 6.80. The zero-order chi connectivity index (χ0) is 20.4. The van der Waals surface area contributed by atoms with E-state index in [1.54, 1.807) is 4.90 Å². The molecule has 1 saturated heterocycles. The number of hydrogen-bond donors (Lipinski definition) is 1. The molecule has 1 atom stereocenters. The smallest absolute Gasteiger partial charge is 0.245 e. The van der Waals surface area contributed by atoms with Gasteiger partial charge in [-0.05, 0) is 36.3 Å². The fourth-order valence-corrected chi connectivity index (χ4v) is 3.53. The normalized spacial score (nSPS) is 15.9. The van der Waals surface area contributed by atoms with Crippen LogP contribution in [0, 0.1) is 18.3 Å². The summed E-state index contributed by atoms with van der Waals surface area (Å²) >= 11 is 0.